The minimum absolute atomic E-state index is 0.0388. The molecule has 3 aliphatic heterocycles. The Hall–Kier alpha value is -5.63. The lowest BCUT2D eigenvalue weighted by Gasteiger charge is -2.49. The molecule has 9 heteroatoms. The van der Waals surface area contributed by atoms with Crippen molar-refractivity contribution in [3.05, 3.63) is 134 Å². The average molecular weight is 901 g/mol. The van der Waals surface area contributed by atoms with Crippen LogP contribution in [-0.4, -0.2) is 40.2 Å². The van der Waals surface area contributed by atoms with Crippen LogP contribution in [0.4, 0.5) is 5.69 Å². The molecule has 4 aromatic rings. The van der Waals surface area contributed by atoms with Gasteiger partial charge < -0.3 is 18.8 Å². The Balaban J connectivity index is 1.09. The van der Waals surface area contributed by atoms with Crippen molar-refractivity contribution in [2.24, 2.45) is 0 Å². The number of hydrogen-bond acceptors (Lipinski definition) is 8. The average Bonchev–Trinajstić information content (AvgIpc) is 3.84. The van der Waals surface area contributed by atoms with E-state index in [2.05, 4.69) is 150 Å². The summed E-state index contributed by atoms with van der Waals surface area (Å²) in [6.45, 7) is 23.7. The number of benzene rings is 3. The molecule has 0 bridgehead atoms. The van der Waals surface area contributed by atoms with Gasteiger partial charge in [0.25, 0.3) is 8.32 Å². The molecule has 0 saturated heterocycles. The van der Waals surface area contributed by atoms with E-state index in [1.54, 1.807) is 11.3 Å². The summed E-state index contributed by atoms with van der Waals surface area (Å²) in [6.07, 6.45) is 14.6. The number of allylic oxidation sites excluding steroid dienone is 2. The molecule has 0 aliphatic carbocycles. The van der Waals surface area contributed by atoms with E-state index < -0.39 is 13.9 Å². The van der Waals surface area contributed by atoms with Crippen molar-refractivity contribution < 1.29 is 13.9 Å². The third-order valence-electron chi connectivity index (χ3n) is 13.6. The van der Waals surface area contributed by atoms with E-state index in [-0.39, 0.29) is 32.8 Å². The zero-order valence-corrected chi connectivity index (χ0v) is 41.6. The predicted molar refractivity (Wildman–Crippen MR) is 270 cm³/mol. The standard InChI is InChI=1S/C56H64N4O3SSi/c1-53(2,3)65(44-20-14-12-15-21-44,45-22-16-13-17-23-45)62-35-19-11-10-18-34-61-52-40(36-48-50-49(52)55(6,7)31-33-60(50)32-30-54(48,4)5)24-25-42-26-27-43(64-42)28-29-47-46(39-59)51(41(37-57)38-58)63-56(47,8)9/h12-17,20-29,36H,10-11,18-19,30-35H2,1-9H3/b25-24+,29-28+. The highest BCUT2D eigenvalue weighted by molar-refractivity contribution is 7.13. The van der Waals surface area contributed by atoms with Crippen LogP contribution in [0.2, 0.25) is 5.04 Å². The minimum Gasteiger partial charge on any atom is -0.493 e. The van der Waals surface area contributed by atoms with Crippen molar-refractivity contribution in [1.82, 2.24) is 0 Å². The molecule has 0 spiro atoms. The number of hydrogen-bond donors (Lipinski definition) is 0. The fourth-order valence-electron chi connectivity index (χ4n) is 9.94. The second-order valence-electron chi connectivity index (χ2n) is 20.4. The Morgan fingerprint density at radius 3 is 1.89 bits per heavy atom. The fourth-order valence-corrected chi connectivity index (χ4v) is 15.4. The highest BCUT2D eigenvalue weighted by atomic mass is 32.1. The molecule has 0 fully saturated rings. The predicted octanol–water partition coefficient (Wildman–Crippen LogP) is 12.5. The summed E-state index contributed by atoms with van der Waals surface area (Å²) < 4.78 is 20.2. The Labute approximate surface area is 393 Å². The van der Waals surface area contributed by atoms with Crippen molar-refractivity contribution in [1.29, 1.82) is 15.8 Å². The Morgan fingerprint density at radius 2 is 1.32 bits per heavy atom. The number of anilines is 1. The van der Waals surface area contributed by atoms with Gasteiger partial charge in [0.15, 0.2) is 11.3 Å². The lowest BCUT2D eigenvalue weighted by atomic mass is 9.68. The number of thiophene rings is 1. The van der Waals surface area contributed by atoms with Crippen molar-refractivity contribution in [3.63, 3.8) is 0 Å². The normalized spacial score (nSPS) is 17.4. The maximum absolute atomic E-state index is 10.0. The van der Waals surface area contributed by atoms with Gasteiger partial charge in [0.1, 0.15) is 35.1 Å². The lowest BCUT2D eigenvalue weighted by molar-refractivity contribution is 0.0954. The minimum atomic E-state index is -2.56. The van der Waals surface area contributed by atoms with Crippen LogP contribution < -0.4 is 20.0 Å². The van der Waals surface area contributed by atoms with Gasteiger partial charge in [-0.1, -0.05) is 122 Å². The first kappa shape index (κ1) is 47.3. The fraction of sp³-hybridized carbons (Fsp3) is 0.411. The molecular weight excluding hydrogens is 837 g/mol. The summed E-state index contributed by atoms with van der Waals surface area (Å²) in [5.41, 5.74) is 5.03. The van der Waals surface area contributed by atoms with Gasteiger partial charge in [0.05, 0.1) is 6.61 Å². The molecule has 65 heavy (non-hydrogen) atoms. The molecule has 0 radical (unpaired) electrons. The van der Waals surface area contributed by atoms with Gasteiger partial charge in [-0.15, -0.1) is 11.3 Å². The maximum Gasteiger partial charge on any atom is 0.261 e. The summed E-state index contributed by atoms with van der Waals surface area (Å²) in [5, 5.41) is 31.6. The first-order valence-electron chi connectivity index (χ1n) is 23.2. The molecular formula is C56H64N4O3SSi. The van der Waals surface area contributed by atoms with Crippen molar-refractivity contribution in [2.45, 2.75) is 122 Å². The maximum atomic E-state index is 10.0. The number of ether oxygens (including phenoxy) is 2. The van der Waals surface area contributed by atoms with Gasteiger partial charge in [-0.3, -0.25) is 0 Å². The monoisotopic (exact) mass is 900 g/mol. The zero-order chi connectivity index (χ0) is 46.6. The molecule has 1 aromatic heterocycles. The largest absolute Gasteiger partial charge is 0.493 e. The van der Waals surface area contributed by atoms with Crippen LogP contribution in [-0.2, 0) is 20.0 Å². The van der Waals surface area contributed by atoms with Crippen molar-refractivity contribution in [3.8, 4) is 24.0 Å². The topological polar surface area (TPSA) is 102 Å². The second-order valence-corrected chi connectivity index (χ2v) is 25.9. The highest BCUT2D eigenvalue weighted by Crippen LogP contribution is 2.54. The van der Waals surface area contributed by atoms with Gasteiger partial charge in [0, 0.05) is 51.8 Å². The molecule has 7 rings (SSSR count). The van der Waals surface area contributed by atoms with Gasteiger partial charge in [-0.2, -0.15) is 15.8 Å². The van der Waals surface area contributed by atoms with E-state index in [0.717, 1.165) is 79.3 Å². The van der Waals surface area contributed by atoms with Crippen LogP contribution in [0.5, 0.6) is 5.75 Å². The molecule has 4 heterocycles. The number of nitrogens with zero attached hydrogens (tertiary/aromatic N) is 4. The molecule has 0 amide bonds. The molecule has 7 nitrogen and oxygen atoms in total. The van der Waals surface area contributed by atoms with E-state index in [0.29, 0.717) is 12.2 Å². The van der Waals surface area contributed by atoms with Gasteiger partial charge >= 0.3 is 0 Å². The quantitative estimate of drug-likeness (QED) is 0.0665. The molecule has 0 saturated carbocycles. The van der Waals surface area contributed by atoms with Gasteiger partial charge in [-0.25, -0.2) is 0 Å². The van der Waals surface area contributed by atoms with Crippen LogP contribution in [0.1, 0.15) is 127 Å². The Kier molecular flexibility index (Phi) is 13.9. The van der Waals surface area contributed by atoms with Crippen LogP contribution in [0.15, 0.2) is 107 Å². The summed E-state index contributed by atoms with van der Waals surface area (Å²) in [6, 6.07) is 34.3. The van der Waals surface area contributed by atoms with Crippen LogP contribution in [0, 0.1) is 34.0 Å². The van der Waals surface area contributed by atoms with E-state index in [1.165, 1.54) is 27.2 Å². The van der Waals surface area contributed by atoms with Crippen molar-refractivity contribution in [2.75, 3.05) is 31.2 Å². The smallest absolute Gasteiger partial charge is 0.261 e. The summed E-state index contributed by atoms with van der Waals surface area (Å²) in [4.78, 5) is 4.71. The van der Waals surface area contributed by atoms with Crippen LogP contribution in [0.3, 0.4) is 0 Å². The number of rotatable bonds is 15. The van der Waals surface area contributed by atoms with Gasteiger partial charge in [-0.05, 0) is 114 Å². The summed E-state index contributed by atoms with van der Waals surface area (Å²) >= 11 is 1.65. The highest BCUT2D eigenvalue weighted by Gasteiger charge is 2.50. The van der Waals surface area contributed by atoms with Gasteiger partial charge in [0.2, 0.25) is 0 Å². The van der Waals surface area contributed by atoms with Crippen LogP contribution >= 0.6 is 11.3 Å². The van der Waals surface area contributed by atoms with E-state index in [4.69, 9.17) is 13.9 Å². The SMILES string of the molecule is CC1(C)OC(=C(C#N)C#N)C(C#N)=C1/C=C/c1ccc(/C=C/c2cc3c4c(c2OCCCCCCO[Si](c2ccccc2)(c2ccccc2)C(C)(C)C)C(C)(C)CCN4CCC3(C)C)s1. The third kappa shape index (κ3) is 9.55. The molecule has 336 valence electrons. The summed E-state index contributed by atoms with van der Waals surface area (Å²) in [7, 11) is -2.56. The molecule has 0 N–H and O–H groups in total. The molecule has 3 aliphatic rings. The first-order valence-corrected chi connectivity index (χ1v) is 25.9. The second kappa shape index (κ2) is 19.1. The van der Waals surface area contributed by atoms with E-state index >= 15 is 0 Å². The van der Waals surface area contributed by atoms with E-state index in [9.17, 15) is 15.8 Å². The first-order chi connectivity index (χ1) is 31.0. The van der Waals surface area contributed by atoms with E-state index in [1.807, 2.05) is 38.1 Å². The number of unbranched alkanes of at least 4 members (excludes halogenated alkanes) is 3. The lowest BCUT2D eigenvalue weighted by Crippen LogP contribution is -2.66. The Morgan fingerprint density at radius 1 is 0.754 bits per heavy atom. The zero-order valence-electron chi connectivity index (χ0n) is 39.8. The van der Waals surface area contributed by atoms with Crippen molar-refractivity contribution >= 4 is 53.9 Å². The van der Waals surface area contributed by atoms with Crippen LogP contribution in [0.25, 0.3) is 18.2 Å². The summed E-state index contributed by atoms with van der Waals surface area (Å²) in [5.74, 6) is 1.06. The molecule has 3 aromatic carbocycles. The molecule has 0 unspecified atom stereocenters. The third-order valence-corrected chi connectivity index (χ3v) is 19.6. The Bertz CT molecular complexity index is 2580. The number of nitriles is 3. The molecule has 0 atom stereocenters.